The quantitative estimate of drug-likeness (QED) is 0.424. The number of halogens is 2. The molecule has 3 fully saturated rings. The van der Waals surface area contributed by atoms with Crippen LogP contribution in [0.25, 0.3) is 0 Å². The van der Waals surface area contributed by atoms with E-state index in [1.807, 2.05) is 10.3 Å². The largest absolute Gasteiger partial charge is 0.481 e. The van der Waals surface area contributed by atoms with Crippen LogP contribution in [0.15, 0.2) is 46.0 Å². The average molecular weight is 631 g/mol. The van der Waals surface area contributed by atoms with E-state index in [2.05, 4.69) is 15.2 Å². The topological polar surface area (TPSA) is 128 Å². The van der Waals surface area contributed by atoms with Crippen LogP contribution in [-0.2, 0) is 14.3 Å². The number of amides is 2. The van der Waals surface area contributed by atoms with Crippen LogP contribution >= 0.6 is 22.9 Å². The molecule has 0 spiro atoms. The fraction of sp³-hybridized carbons (Fsp3) is 0.483. The van der Waals surface area contributed by atoms with E-state index >= 15 is 0 Å². The lowest BCUT2D eigenvalue weighted by Crippen LogP contribution is -2.53. The van der Waals surface area contributed by atoms with Crippen LogP contribution in [0.1, 0.15) is 42.8 Å². The molecule has 1 aromatic heterocycles. The molecule has 1 aliphatic carbocycles. The number of amidine groups is 1. The van der Waals surface area contributed by atoms with Gasteiger partial charge in [0.05, 0.1) is 29.2 Å². The van der Waals surface area contributed by atoms with E-state index in [-0.39, 0.29) is 35.3 Å². The Morgan fingerprint density at radius 1 is 1.23 bits per heavy atom. The molecule has 4 atom stereocenters. The molecule has 43 heavy (non-hydrogen) atoms. The zero-order valence-corrected chi connectivity index (χ0v) is 25.1. The number of carboxylic acids is 1. The van der Waals surface area contributed by atoms with Crippen LogP contribution in [0.4, 0.5) is 9.18 Å². The van der Waals surface area contributed by atoms with Crippen molar-refractivity contribution >= 4 is 46.7 Å². The normalized spacial score (nSPS) is 25.9. The van der Waals surface area contributed by atoms with Crippen LogP contribution in [0.2, 0.25) is 5.02 Å². The molecule has 1 aromatic carbocycles. The van der Waals surface area contributed by atoms with Crippen LogP contribution in [0, 0.1) is 11.7 Å². The molecule has 2 amide bonds. The number of hydrogen-bond acceptors (Lipinski definition) is 9. The van der Waals surface area contributed by atoms with E-state index in [4.69, 9.17) is 21.3 Å². The number of rotatable bonds is 8. The summed E-state index contributed by atoms with van der Waals surface area (Å²) in [4.78, 5) is 53.5. The van der Waals surface area contributed by atoms with Gasteiger partial charge >= 0.3 is 18.0 Å². The van der Waals surface area contributed by atoms with Gasteiger partial charge in [0.1, 0.15) is 11.9 Å². The predicted octanol–water partition coefficient (Wildman–Crippen LogP) is 3.52. The predicted molar refractivity (Wildman–Crippen MR) is 157 cm³/mol. The Morgan fingerprint density at radius 2 is 2.07 bits per heavy atom. The first kappa shape index (κ1) is 29.5. The number of carbonyl (C=O) groups is 3. The molecule has 14 heteroatoms. The maximum atomic E-state index is 14.6. The van der Waals surface area contributed by atoms with Crippen molar-refractivity contribution in [3.8, 4) is 0 Å². The van der Waals surface area contributed by atoms with Gasteiger partial charge in [-0.2, -0.15) is 0 Å². The van der Waals surface area contributed by atoms with E-state index < -0.39 is 29.7 Å². The minimum atomic E-state index is -0.933. The summed E-state index contributed by atoms with van der Waals surface area (Å²) < 4.78 is 20.1. The number of aromatic nitrogens is 1. The lowest BCUT2D eigenvalue weighted by Gasteiger charge is -2.38. The first-order valence-electron chi connectivity index (χ1n) is 14.4. The van der Waals surface area contributed by atoms with E-state index in [1.54, 1.807) is 24.1 Å². The fourth-order valence-corrected chi connectivity index (χ4v) is 7.44. The van der Waals surface area contributed by atoms with Gasteiger partial charge in [-0.1, -0.05) is 30.2 Å². The molecular weight excluding hydrogens is 599 g/mol. The maximum absolute atomic E-state index is 14.6. The third-order valence-corrected chi connectivity index (χ3v) is 9.76. The Kier molecular flexibility index (Phi) is 8.38. The third kappa shape index (κ3) is 5.61. The molecule has 1 saturated carbocycles. The van der Waals surface area contributed by atoms with Crippen molar-refractivity contribution in [2.45, 2.75) is 44.3 Å². The Balaban J connectivity index is 1.30. The van der Waals surface area contributed by atoms with Crippen LogP contribution < -0.4 is 5.32 Å². The van der Waals surface area contributed by atoms with Crippen molar-refractivity contribution in [3.63, 3.8) is 0 Å². The van der Waals surface area contributed by atoms with Crippen molar-refractivity contribution in [2.75, 3.05) is 39.3 Å². The van der Waals surface area contributed by atoms with Gasteiger partial charge in [0.15, 0.2) is 10.8 Å². The summed E-state index contributed by atoms with van der Waals surface area (Å²) in [5.41, 5.74) is 1.11. The number of thiazole rings is 1. The highest BCUT2D eigenvalue weighted by Gasteiger charge is 2.48. The number of benzene rings is 1. The molecule has 0 bridgehead atoms. The van der Waals surface area contributed by atoms with E-state index in [0.717, 1.165) is 6.42 Å². The van der Waals surface area contributed by atoms with Crippen molar-refractivity contribution in [1.82, 2.24) is 25.0 Å². The molecule has 2 saturated heterocycles. The van der Waals surface area contributed by atoms with E-state index in [1.165, 1.54) is 23.5 Å². The number of fused-ring (bicyclic) bond motifs is 1. The van der Waals surface area contributed by atoms with Gasteiger partial charge in [-0.25, -0.2) is 19.0 Å². The lowest BCUT2D eigenvalue weighted by atomic mass is 9.95. The second-order valence-corrected chi connectivity index (χ2v) is 12.3. The van der Waals surface area contributed by atoms with Gasteiger partial charge in [0, 0.05) is 61.6 Å². The van der Waals surface area contributed by atoms with Gasteiger partial charge < -0.3 is 25.0 Å². The molecular formula is C29H32ClFN6O5S. The number of piperazine rings is 1. The van der Waals surface area contributed by atoms with Crippen molar-refractivity contribution in [1.29, 1.82) is 0 Å². The number of nitrogens with one attached hydrogen (secondary N) is 1. The van der Waals surface area contributed by atoms with Gasteiger partial charge in [0.25, 0.3) is 0 Å². The highest BCUT2D eigenvalue weighted by atomic mass is 35.5. The van der Waals surface area contributed by atoms with Crippen LogP contribution in [0.3, 0.4) is 0 Å². The number of ether oxygens (including phenoxy) is 1. The molecule has 6 rings (SSSR count). The standard InChI is InChI=1S/C29H32ClFN6O5S/c1-2-42-28(40)22-20(33-25(26-32-9-12-43-26)34-24(22)18-6-3-7-19(31)23(18)30)15-35-10-11-36-16(13-35)14-37(29(36)41)21-8-4-5-17(21)27(38)39/h3,6-7,9,12,16-17,21,24H,2,4-5,8,10-11,13-15H2,1H3,(H,33,34)(H,38,39)/t16?,17-,21?,24+/m1/s1. The van der Waals surface area contributed by atoms with Crippen LogP contribution in [0.5, 0.6) is 0 Å². The molecule has 3 aliphatic heterocycles. The minimum absolute atomic E-state index is 0.107. The second kappa shape index (κ2) is 12.2. The first-order chi connectivity index (χ1) is 20.8. The fourth-order valence-electron chi connectivity index (χ4n) is 6.62. The number of carboxylic acid groups (broad SMARTS) is 1. The highest BCUT2D eigenvalue weighted by molar-refractivity contribution is 7.11. The molecule has 2 unspecified atom stereocenters. The Labute approximate surface area is 257 Å². The number of esters is 1. The van der Waals surface area contributed by atoms with Gasteiger partial charge in [-0.05, 0) is 25.8 Å². The summed E-state index contributed by atoms with van der Waals surface area (Å²) >= 11 is 7.79. The van der Waals surface area contributed by atoms with E-state index in [0.29, 0.717) is 67.7 Å². The summed E-state index contributed by atoms with van der Waals surface area (Å²) in [6, 6.07) is 2.97. The summed E-state index contributed by atoms with van der Waals surface area (Å²) in [6.07, 6.45) is 3.71. The molecule has 11 nitrogen and oxygen atoms in total. The SMILES string of the molecule is CCOC(=O)C1=C(CN2CCN3C(=O)N(C4CCC[C@H]4C(=O)O)CC3C2)NC(c2nccs2)=N[C@H]1c1cccc(F)c1Cl. The highest BCUT2D eigenvalue weighted by Crippen LogP contribution is 2.38. The average Bonchev–Trinajstić information content (AvgIpc) is 3.75. The summed E-state index contributed by atoms with van der Waals surface area (Å²) in [7, 11) is 0. The zero-order valence-electron chi connectivity index (χ0n) is 23.5. The smallest absolute Gasteiger partial charge is 0.338 e. The van der Waals surface area contributed by atoms with E-state index in [9.17, 15) is 23.9 Å². The monoisotopic (exact) mass is 630 g/mol. The van der Waals surface area contributed by atoms with Gasteiger partial charge in [0.2, 0.25) is 0 Å². The number of aliphatic imine (C=N–C) groups is 1. The second-order valence-electron chi connectivity index (χ2n) is 11.1. The molecule has 4 heterocycles. The molecule has 0 radical (unpaired) electrons. The van der Waals surface area contributed by atoms with Crippen molar-refractivity contribution < 1.29 is 28.6 Å². The minimum Gasteiger partial charge on any atom is -0.481 e. The number of urea groups is 1. The summed E-state index contributed by atoms with van der Waals surface area (Å²) in [5.74, 6) is -2.16. The number of hydrogen-bond donors (Lipinski definition) is 2. The maximum Gasteiger partial charge on any atom is 0.338 e. The number of nitrogens with zero attached hydrogens (tertiary/aromatic N) is 5. The number of aliphatic carboxylic acids is 1. The third-order valence-electron chi connectivity index (χ3n) is 8.58. The molecule has 4 aliphatic rings. The Bertz CT molecular complexity index is 1490. The summed E-state index contributed by atoms with van der Waals surface area (Å²) in [5, 5.41) is 15.3. The van der Waals surface area contributed by atoms with Crippen molar-refractivity contribution in [2.24, 2.45) is 10.9 Å². The zero-order chi connectivity index (χ0) is 30.2. The molecule has 2 N–H and O–H groups in total. The first-order valence-corrected chi connectivity index (χ1v) is 15.6. The lowest BCUT2D eigenvalue weighted by molar-refractivity contribution is -0.143. The van der Waals surface area contributed by atoms with Crippen LogP contribution in [-0.4, -0.2) is 100 Å². The number of carbonyl (C=O) groups excluding carboxylic acids is 2. The molecule has 228 valence electrons. The van der Waals surface area contributed by atoms with Gasteiger partial charge in [-0.15, -0.1) is 11.3 Å². The summed E-state index contributed by atoms with van der Waals surface area (Å²) in [6.45, 7) is 4.15. The van der Waals surface area contributed by atoms with Gasteiger partial charge in [-0.3, -0.25) is 14.7 Å². The Morgan fingerprint density at radius 3 is 2.81 bits per heavy atom. The molecule has 2 aromatic rings. The van der Waals surface area contributed by atoms with Crippen molar-refractivity contribution in [3.05, 3.63) is 62.5 Å². The Hall–Kier alpha value is -3.55.